The third-order valence-corrected chi connectivity index (χ3v) is 5.60. The highest BCUT2D eigenvalue weighted by Gasteiger charge is 2.24. The molecule has 6 nitrogen and oxygen atoms in total. The molecule has 0 unspecified atom stereocenters. The van der Waals surface area contributed by atoms with Gasteiger partial charge in [0.2, 0.25) is 18.6 Å². The highest BCUT2D eigenvalue weighted by atomic mass is 32.2. The molecule has 1 atom stereocenters. The fraction of sp³-hybridized carbons (Fsp3) is 0.263. The SMILES string of the molecule is O=C(CS[C@@H]1CCc2ccccc2NC1=O)Nc1ccc2c(c1)OCO2. The number of aryl methyl sites for hydroxylation is 1. The van der Waals surface area contributed by atoms with Crippen LogP contribution in [0.1, 0.15) is 12.0 Å². The van der Waals surface area contributed by atoms with Gasteiger partial charge in [0.1, 0.15) is 0 Å². The van der Waals surface area contributed by atoms with E-state index in [0.29, 0.717) is 23.6 Å². The molecule has 2 N–H and O–H groups in total. The molecule has 0 saturated carbocycles. The average molecular weight is 370 g/mol. The van der Waals surface area contributed by atoms with Gasteiger partial charge in [0.05, 0.1) is 11.0 Å². The van der Waals surface area contributed by atoms with Crippen molar-refractivity contribution >= 4 is 35.0 Å². The van der Waals surface area contributed by atoms with Crippen molar-refractivity contribution in [3.05, 3.63) is 48.0 Å². The second-order valence-electron chi connectivity index (χ2n) is 6.10. The van der Waals surface area contributed by atoms with Crippen molar-refractivity contribution in [3.8, 4) is 11.5 Å². The minimum Gasteiger partial charge on any atom is -0.454 e. The molecule has 0 bridgehead atoms. The van der Waals surface area contributed by atoms with Crippen LogP contribution in [0.3, 0.4) is 0 Å². The first-order chi connectivity index (χ1) is 12.7. The minimum atomic E-state index is -0.245. The number of hydrogen-bond donors (Lipinski definition) is 2. The van der Waals surface area contributed by atoms with Crippen molar-refractivity contribution in [2.75, 3.05) is 23.2 Å². The summed E-state index contributed by atoms with van der Waals surface area (Å²) in [6.45, 7) is 0.196. The lowest BCUT2D eigenvalue weighted by molar-refractivity contribution is -0.115. The summed E-state index contributed by atoms with van der Waals surface area (Å²) in [5.41, 5.74) is 2.65. The Labute approximate surface area is 155 Å². The van der Waals surface area contributed by atoms with Gasteiger partial charge in [-0.3, -0.25) is 9.59 Å². The van der Waals surface area contributed by atoms with Gasteiger partial charge in [-0.05, 0) is 36.6 Å². The Bertz CT molecular complexity index is 855. The minimum absolute atomic E-state index is 0.0455. The maximum absolute atomic E-state index is 12.4. The number of fused-ring (bicyclic) bond motifs is 2. The first-order valence-electron chi connectivity index (χ1n) is 8.39. The molecule has 0 aliphatic carbocycles. The second-order valence-corrected chi connectivity index (χ2v) is 7.29. The number of rotatable bonds is 4. The quantitative estimate of drug-likeness (QED) is 0.865. The van der Waals surface area contributed by atoms with Gasteiger partial charge in [0.15, 0.2) is 11.5 Å². The molecule has 134 valence electrons. The molecule has 0 radical (unpaired) electrons. The van der Waals surface area contributed by atoms with Crippen LogP contribution in [-0.4, -0.2) is 29.6 Å². The number of nitrogens with one attached hydrogen (secondary N) is 2. The van der Waals surface area contributed by atoms with Crippen LogP contribution in [0.4, 0.5) is 11.4 Å². The Morgan fingerprint density at radius 1 is 1.19 bits per heavy atom. The number of amides is 2. The van der Waals surface area contributed by atoms with Gasteiger partial charge in [-0.15, -0.1) is 11.8 Å². The number of para-hydroxylation sites is 1. The van der Waals surface area contributed by atoms with Crippen molar-refractivity contribution in [2.24, 2.45) is 0 Å². The lowest BCUT2D eigenvalue weighted by Crippen LogP contribution is -2.26. The van der Waals surface area contributed by atoms with E-state index in [0.717, 1.165) is 17.7 Å². The molecule has 0 aromatic heterocycles. The zero-order valence-corrected chi connectivity index (χ0v) is 14.8. The summed E-state index contributed by atoms with van der Waals surface area (Å²) in [7, 11) is 0. The number of benzene rings is 2. The van der Waals surface area contributed by atoms with Gasteiger partial charge in [0, 0.05) is 17.4 Å². The third kappa shape index (κ3) is 3.62. The summed E-state index contributed by atoms with van der Waals surface area (Å²) < 4.78 is 10.6. The largest absolute Gasteiger partial charge is 0.454 e. The van der Waals surface area contributed by atoms with Crippen molar-refractivity contribution in [1.29, 1.82) is 0 Å². The number of anilines is 2. The molecule has 7 heteroatoms. The summed E-state index contributed by atoms with van der Waals surface area (Å²) in [5, 5.41) is 5.54. The Morgan fingerprint density at radius 2 is 2.04 bits per heavy atom. The van der Waals surface area contributed by atoms with Crippen LogP contribution in [-0.2, 0) is 16.0 Å². The number of ether oxygens (including phenoxy) is 2. The van der Waals surface area contributed by atoms with E-state index in [4.69, 9.17) is 9.47 Å². The molecule has 4 rings (SSSR count). The van der Waals surface area contributed by atoms with Gasteiger partial charge >= 0.3 is 0 Å². The molecule has 2 amide bonds. The summed E-state index contributed by atoms with van der Waals surface area (Å²) in [6, 6.07) is 13.1. The third-order valence-electron chi connectivity index (χ3n) is 4.32. The summed E-state index contributed by atoms with van der Waals surface area (Å²) in [6.07, 6.45) is 1.53. The van der Waals surface area contributed by atoms with Gasteiger partial charge in [-0.25, -0.2) is 0 Å². The fourth-order valence-corrected chi connectivity index (χ4v) is 3.92. The summed E-state index contributed by atoms with van der Waals surface area (Å²) in [5.74, 6) is 1.31. The number of thioether (sulfide) groups is 1. The number of hydrogen-bond acceptors (Lipinski definition) is 5. The Balaban J connectivity index is 1.32. The normalized spacial score (nSPS) is 17.8. The zero-order chi connectivity index (χ0) is 17.9. The van der Waals surface area contributed by atoms with Crippen LogP contribution in [0.5, 0.6) is 11.5 Å². The van der Waals surface area contributed by atoms with E-state index in [9.17, 15) is 9.59 Å². The van der Waals surface area contributed by atoms with Crippen LogP contribution in [0.15, 0.2) is 42.5 Å². The average Bonchev–Trinajstić information content (AvgIpc) is 3.04. The smallest absolute Gasteiger partial charge is 0.237 e. The molecular weight excluding hydrogens is 352 g/mol. The first kappa shape index (κ1) is 16.8. The lowest BCUT2D eigenvalue weighted by Gasteiger charge is -2.13. The fourth-order valence-electron chi connectivity index (χ4n) is 3.00. The van der Waals surface area contributed by atoms with Crippen molar-refractivity contribution in [2.45, 2.75) is 18.1 Å². The Morgan fingerprint density at radius 3 is 2.96 bits per heavy atom. The maximum Gasteiger partial charge on any atom is 0.237 e. The number of carbonyl (C=O) groups is 2. The van der Waals surface area contributed by atoms with Crippen LogP contribution in [0.2, 0.25) is 0 Å². The molecule has 2 aliphatic heterocycles. The Kier molecular flexibility index (Phi) is 4.71. The van der Waals surface area contributed by atoms with Crippen LogP contribution in [0, 0.1) is 0 Å². The molecular formula is C19H18N2O4S. The molecule has 0 spiro atoms. The van der Waals surface area contributed by atoms with Gasteiger partial charge in [-0.2, -0.15) is 0 Å². The number of carbonyl (C=O) groups excluding carboxylic acids is 2. The van der Waals surface area contributed by atoms with E-state index in [-0.39, 0.29) is 29.6 Å². The molecule has 0 fully saturated rings. The predicted molar refractivity (Wildman–Crippen MR) is 101 cm³/mol. The summed E-state index contributed by atoms with van der Waals surface area (Å²) >= 11 is 1.36. The van der Waals surface area contributed by atoms with Crippen molar-refractivity contribution in [3.63, 3.8) is 0 Å². The molecule has 2 aromatic rings. The van der Waals surface area contributed by atoms with E-state index >= 15 is 0 Å². The van der Waals surface area contributed by atoms with Gasteiger partial charge in [0.25, 0.3) is 0 Å². The summed E-state index contributed by atoms with van der Waals surface area (Å²) in [4.78, 5) is 24.6. The molecule has 0 saturated heterocycles. The van der Waals surface area contributed by atoms with E-state index in [2.05, 4.69) is 10.6 Å². The van der Waals surface area contributed by atoms with Crippen molar-refractivity contribution in [1.82, 2.24) is 0 Å². The van der Waals surface area contributed by atoms with E-state index < -0.39 is 0 Å². The molecule has 2 aliphatic rings. The van der Waals surface area contributed by atoms with E-state index in [1.54, 1.807) is 18.2 Å². The first-order valence-corrected chi connectivity index (χ1v) is 9.44. The van der Waals surface area contributed by atoms with E-state index in [1.165, 1.54) is 11.8 Å². The van der Waals surface area contributed by atoms with E-state index in [1.807, 2.05) is 24.3 Å². The lowest BCUT2D eigenvalue weighted by atomic mass is 10.1. The van der Waals surface area contributed by atoms with Crippen LogP contribution < -0.4 is 20.1 Å². The van der Waals surface area contributed by atoms with Crippen molar-refractivity contribution < 1.29 is 19.1 Å². The highest BCUT2D eigenvalue weighted by Crippen LogP contribution is 2.34. The molecule has 26 heavy (non-hydrogen) atoms. The molecule has 2 aromatic carbocycles. The van der Waals surface area contributed by atoms with Crippen LogP contribution in [0.25, 0.3) is 0 Å². The predicted octanol–water partition coefficient (Wildman–Crippen LogP) is 3.04. The second kappa shape index (κ2) is 7.29. The topological polar surface area (TPSA) is 76.7 Å². The highest BCUT2D eigenvalue weighted by molar-refractivity contribution is 8.01. The monoisotopic (exact) mass is 370 g/mol. The zero-order valence-electron chi connectivity index (χ0n) is 14.0. The maximum atomic E-state index is 12.4. The van der Waals surface area contributed by atoms with Gasteiger partial charge in [-0.1, -0.05) is 18.2 Å². The van der Waals surface area contributed by atoms with Gasteiger partial charge < -0.3 is 20.1 Å². The standard InChI is InChI=1S/C19H18N2O4S/c22-18(20-13-6-7-15-16(9-13)25-11-24-15)10-26-17-8-5-12-3-1-2-4-14(12)21-19(17)23/h1-4,6-7,9,17H,5,8,10-11H2,(H,20,22)(H,21,23)/t17-/m1/s1. The Hall–Kier alpha value is -2.67. The molecule has 2 heterocycles. The van der Waals surface area contributed by atoms with Crippen LogP contribution >= 0.6 is 11.8 Å².